The van der Waals surface area contributed by atoms with Gasteiger partial charge in [0.05, 0.1) is 0 Å². The zero-order valence-electron chi connectivity index (χ0n) is 12.2. The highest BCUT2D eigenvalue weighted by Gasteiger charge is 2.15. The van der Waals surface area contributed by atoms with E-state index >= 15 is 0 Å². The van der Waals surface area contributed by atoms with E-state index in [0.29, 0.717) is 19.0 Å². The molecule has 1 aromatic rings. The number of pyridine rings is 1. The van der Waals surface area contributed by atoms with E-state index in [1.54, 1.807) is 19.2 Å². The first kappa shape index (κ1) is 16.9. The number of methoxy groups -OCH3 is 1. The van der Waals surface area contributed by atoms with Crippen molar-refractivity contribution in [3.8, 4) is 0 Å². The molecule has 1 heterocycles. The summed E-state index contributed by atoms with van der Waals surface area (Å²) in [5.74, 6) is 0.798. The van der Waals surface area contributed by atoms with E-state index in [1.807, 2.05) is 6.92 Å². The van der Waals surface area contributed by atoms with Gasteiger partial charge in [-0.05, 0) is 24.5 Å². The van der Waals surface area contributed by atoms with E-state index in [0.717, 1.165) is 13.0 Å². The van der Waals surface area contributed by atoms with E-state index < -0.39 is 10.0 Å². The van der Waals surface area contributed by atoms with Crippen LogP contribution in [0.3, 0.4) is 0 Å². The smallest absolute Gasteiger partial charge is 0.242 e. The van der Waals surface area contributed by atoms with Crippen LogP contribution in [0, 0.1) is 5.92 Å². The number of hydrogen-bond acceptors (Lipinski definition) is 5. The molecular weight excluding hydrogens is 278 g/mol. The van der Waals surface area contributed by atoms with Gasteiger partial charge in [-0.3, -0.25) is 0 Å². The Bertz CT molecular complexity index is 488. The molecule has 0 bridgehead atoms. The third-order valence-corrected chi connectivity index (χ3v) is 4.08. The van der Waals surface area contributed by atoms with Crippen LogP contribution in [0.25, 0.3) is 0 Å². The Kier molecular flexibility index (Phi) is 6.90. The molecule has 6 nitrogen and oxygen atoms in total. The molecule has 0 aliphatic rings. The molecule has 1 unspecified atom stereocenters. The number of sulfonamides is 1. The van der Waals surface area contributed by atoms with Crippen LogP contribution in [-0.4, -0.2) is 40.2 Å². The number of aromatic nitrogens is 1. The molecule has 1 rings (SSSR count). The summed E-state index contributed by atoms with van der Waals surface area (Å²) in [6.45, 7) is 5.64. The van der Waals surface area contributed by atoms with Gasteiger partial charge in [0, 0.05) is 33.0 Å². The summed E-state index contributed by atoms with van der Waals surface area (Å²) < 4.78 is 31.6. The highest BCUT2D eigenvalue weighted by molar-refractivity contribution is 7.89. The number of hydrogen-bond donors (Lipinski definition) is 2. The molecular formula is C13H23N3O3S. The van der Waals surface area contributed by atoms with E-state index in [-0.39, 0.29) is 10.8 Å². The topological polar surface area (TPSA) is 80.3 Å². The monoisotopic (exact) mass is 301 g/mol. The van der Waals surface area contributed by atoms with Crippen molar-refractivity contribution < 1.29 is 13.2 Å². The maximum Gasteiger partial charge on any atom is 0.242 e. The quantitative estimate of drug-likeness (QED) is 0.722. The third kappa shape index (κ3) is 5.44. The fourth-order valence-electron chi connectivity index (χ4n) is 1.58. The summed E-state index contributed by atoms with van der Waals surface area (Å²) in [6, 6.07) is 3.22. The molecule has 0 saturated carbocycles. The molecule has 20 heavy (non-hydrogen) atoms. The van der Waals surface area contributed by atoms with Gasteiger partial charge in [-0.1, -0.05) is 13.8 Å². The second-order valence-corrected chi connectivity index (χ2v) is 6.49. The lowest BCUT2D eigenvalue weighted by molar-refractivity contribution is 0.161. The Morgan fingerprint density at radius 2 is 2.15 bits per heavy atom. The van der Waals surface area contributed by atoms with Crippen molar-refractivity contribution in [3.05, 3.63) is 18.3 Å². The molecule has 0 aromatic carbocycles. The largest absolute Gasteiger partial charge is 0.384 e. The highest BCUT2D eigenvalue weighted by atomic mass is 32.2. The Morgan fingerprint density at radius 3 is 2.70 bits per heavy atom. The number of nitrogens with zero attached hydrogens (tertiary/aromatic N) is 1. The Labute approximate surface area is 121 Å². The lowest BCUT2D eigenvalue weighted by Gasteiger charge is -2.12. The van der Waals surface area contributed by atoms with Crippen molar-refractivity contribution in [1.82, 2.24) is 9.71 Å². The van der Waals surface area contributed by atoms with Crippen LogP contribution < -0.4 is 10.0 Å². The Hall–Kier alpha value is -1.18. The van der Waals surface area contributed by atoms with Gasteiger partial charge in [-0.2, -0.15) is 0 Å². The third-order valence-electron chi connectivity index (χ3n) is 2.68. The molecule has 1 aromatic heterocycles. The van der Waals surface area contributed by atoms with Crippen molar-refractivity contribution in [1.29, 1.82) is 0 Å². The van der Waals surface area contributed by atoms with Crippen LogP contribution in [0.4, 0.5) is 5.82 Å². The molecule has 0 fully saturated rings. The molecule has 1 atom stereocenters. The summed E-state index contributed by atoms with van der Waals surface area (Å²) in [5.41, 5.74) is 0. The average Bonchev–Trinajstić information content (AvgIpc) is 2.44. The predicted molar refractivity (Wildman–Crippen MR) is 79.2 cm³/mol. The first-order chi connectivity index (χ1) is 9.49. The van der Waals surface area contributed by atoms with Gasteiger partial charge in [-0.25, -0.2) is 18.1 Å². The minimum absolute atomic E-state index is 0.119. The normalized spacial score (nSPS) is 13.2. The maximum atomic E-state index is 12.1. The molecule has 114 valence electrons. The summed E-state index contributed by atoms with van der Waals surface area (Å²) >= 11 is 0. The van der Waals surface area contributed by atoms with Crippen molar-refractivity contribution in [3.63, 3.8) is 0 Å². The SMILES string of the molecule is CCCNc1ccc(S(=O)(=O)NCC(C)COC)cn1. The van der Waals surface area contributed by atoms with Gasteiger partial charge in [0.1, 0.15) is 10.7 Å². The van der Waals surface area contributed by atoms with Gasteiger partial charge in [0.25, 0.3) is 0 Å². The zero-order valence-corrected chi connectivity index (χ0v) is 13.0. The van der Waals surface area contributed by atoms with E-state index in [2.05, 4.69) is 21.9 Å². The minimum atomic E-state index is -3.51. The van der Waals surface area contributed by atoms with Gasteiger partial charge in [0.2, 0.25) is 10.0 Å². The second-order valence-electron chi connectivity index (χ2n) is 4.72. The van der Waals surface area contributed by atoms with Crippen LogP contribution in [0.2, 0.25) is 0 Å². The highest BCUT2D eigenvalue weighted by Crippen LogP contribution is 2.11. The van der Waals surface area contributed by atoms with E-state index in [1.165, 1.54) is 6.20 Å². The summed E-state index contributed by atoms with van der Waals surface area (Å²) in [6.07, 6.45) is 2.35. The fourth-order valence-corrected chi connectivity index (χ4v) is 2.68. The first-order valence-corrected chi connectivity index (χ1v) is 8.16. The van der Waals surface area contributed by atoms with E-state index in [4.69, 9.17) is 4.74 Å². The molecule has 0 aliphatic heterocycles. The van der Waals surface area contributed by atoms with Crippen LogP contribution in [0.1, 0.15) is 20.3 Å². The molecule has 0 amide bonds. The number of rotatable bonds is 9. The molecule has 0 aliphatic carbocycles. The zero-order chi connectivity index (χ0) is 15.0. The van der Waals surface area contributed by atoms with Crippen molar-refractivity contribution in [2.45, 2.75) is 25.2 Å². The first-order valence-electron chi connectivity index (χ1n) is 6.68. The van der Waals surface area contributed by atoms with Crippen LogP contribution in [0.15, 0.2) is 23.2 Å². The summed E-state index contributed by atoms with van der Waals surface area (Å²) in [7, 11) is -1.91. The van der Waals surface area contributed by atoms with Crippen LogP contribution in [0.5, 0.6) is 0 Å². The van der Waals surface area contributed by atoms with Gasteiger partial charge in [-0.15, -0.1) is 0 Å². The van der Waals surface area contributed by atoms with Gasteiger partial charge in [0.15, 0.2) is 0 Å². The van der Waals surface area contributed by atoms with Crippen molar-refractivity contribution in [2.24, 2.45) is 5.92 Å². The lowest BCUT2D eigenvalue weighted by Crippen LogP contribution is -2.30. The van der Waals surface area contributed by atoms with Crippen LogP contribution in [-0.2, 0) is 14.8 Å². The minimum Gasteiger partial charge on any atom is -0.384 e. The van der Waals surface area contributed by atoms with Gasteiger partial charge < -0.3 is 10.1 Å². The molecule has 7 heteroatoms. The molecule has 2 N–H and O–H groups in total. The van der Waals surface area contributed by atoms with E-state index in [9.17, 15) is 8.42 Å². The standard InChI is InChI=1S/C13H23N3O3S/c1-4-7-14-13-6-5-12(9-15-13)20(17,18)16-8-11(2)10-19-3/h5-6,9,11,16H,4,7-8,10H2,1-3H3,(H,14,15). The Balaban J connectivity index is 2.63. The Morgan fingerprint density at radius 1 is 1.40 bits per heavy atom. The maximum absolute atomic E-state index is 12.1. The number of nitrogens with one attached hydrogen (secondary N) is 2. The second kappa shape index (κ2) is 8.18. The van der Waals surface area contributed by atoms with Crippen molar-refractivity contribution in [2.75, 3.05) is 32.1 Å². The summed E-state index contributed by atoms with van der Waals surface area (Å²) in [4.78, 5) is 4.26. The molecule has 0 spiro atoms. The van der Waals surface area contributed by atoms with Gasteiger partial charge >= 0.3 is 0 Å². The number of anilines is 1. The average molecular weight is 301 g/mol. The fraction of sp³-hybridized carbons (Fsp3) is 0.615. The van der Waals surface area contributed by atoms with Crippen molar-refractivity contribution >= 4 is 15.8 Å². The number of ether oxygens (including phenoxy) is 1. The molecule has 0 radical (unpaired) electrons. The van der Waals surface area contributed by atoms with Crippen LogP contribution >= 0.6 is 0 Å². The summed E-state index contributed by atoms with van der Waals surface area (Å²) in [5, 5.41) is 3.10. The predicted octanol–water partition coefficient (Wildman–Crippen LogP) is 1.46. The lowest BCUT2D eigenvalue weighted by atomic mass is 10.2. The molecule has 0 saturated heterocycles.